The molecule has 1 N–H and O–H groups in total. The molecule has 0 aliphatic heterocycles. The Balaban J connectivity index is 2.13. The van der Waals surface area contributed by atoms with Gasteiger partial charge in [0.15, 0.2) is 0 Å². The van der Waals surface area contributed by atoms with E-state index in [-0.39, 0.29) is 0 Å². The number of halogens is 1. The van der Waals surface area contributed by atoms with Crippen LogP contribution in [-0.4, -0.2) is 7.05 Å². The monoisotopic (exact) mass is 337 g/mol. The number of likely N-dealkylation sites (N-methyl/N-ethyl adjacent to an activating group) is 1. The number of rotatable bonds is 5. The highest BCUT2D eigenvalue weighted by molar-refractivity contribution is 9.10. The fourth-order valence-electron chi connectivity index (χ4n) is 2.15. The van der Waals surface area contributed by atoms with E-state index in [2.05, 4.69) is 70.8 Å². The maximum Gasteiger partial charge on any atom is 0.0464 e. The third-order valence-corrected chi connectivity index (χ3v) is 5.38. The van der Waals surface area contributed by atoms with E-state index < -0.39 is 0 Å². The van der Waals surface area contributed by atoms with E-state index in [1.54, 1.807) is 11.3 Å². The van der Waals surface area contributed by atoms with Crippen LogP contribution in [0.2, 0.25) is 0 Å². The molecule has 0 aliphatic rings. The van der Waals surface area contributed by atoms with Crippen LogP contribution in [-0.2, 0) is 6.42 Å². The van der Waals surface area contributed by atoms with E-state index in [4.69, 9.17) is 0 Å². The molecule has 2 rings (SSSR count). The van der Waals surface area contributed by atoms with Crippen LogP contribution in [0.1, 0.15) is 41.8 Å². The zero-order valence-electron chi connectivity index (χ0n) is 11.6. The Bertz CT molecular complexity index is 516. The van der Waals surface area contributed by atoms with Gasteiger partial charge in [0, 0.05) is 15.4 Å². The van der Waals surface area contributed by atoms with Gasteiger partial charge in [-0.2, -0.15) is 0 Å². The molecule has 1 heterocycles. The average molecular weight is 338 g/mol. The van der Waals surface area contributed by atoms with Crippen LogP contribution < -0.4 is 5.32 Å². The van der Waals surface area contributed by atoms with Crippen LogP contribution in [0.15, 0.2) is 40.2 Å². The van der Waals surface area contributed by atoms with Crippen molar-refractivity contribution in [1.82, 2.24) is 5.32 Å². The van der Waals surface area contributed by atoms with Crippen molar-refractivity contribution in [3.8, 4) is 0 Å². The number of hydrogen-bond acceptors (Lipinski definition) is 2. The van der Waals surface area contributed by atoms with Crippen molar-refractivity contribution in [2.75, 3.05) is 7.05 Å². The van der Waals surface area contributed by atoms with Gasteiger partial charge < -0.3 is 5.32 Å². The van der Waals surface area contributed by atoms with Crippen molar-refractivity contribution in [1.29, 1.82) is 0 Å². The van der Waals surface area contributed by atoms with Gasteiger partial charge in [0.05, 0.1) is 0 Å². The number of nitrogens with one attached hydrogen (secondary N) is 1. The van der Waals surface area contributed by atoms with Crippen molar-refractivity contribution in [3.63, 3.8) is 0 Å². The van der Waals surface area contributed by atoms with Crippen LogP contribution in [0.3, 0.4) is 0 Å². The summed E-state index contributed by atoms with van der Waals surface area (Å²) in [4.78, 5) is 1.37. The van der Waals surface area contributed by atoms with Crippen LogP contribution in [0.4, 0.5) is 0 Å². The van der Waals surface area contributed by atoms with E-state index >= 15 is 0 Å². The SMILES string of the molecule is CNC(Cc1ccc(C(C)C)cc1)c1sccc1Br. The summed E-state index contributed by atoms with van der Waals surface area (Å²) >= 11 is 5.42. The van der Waals surface area contributed by atoms with Gasteiger partial charge in [-0.25, -0.2) is 0 Å². The first kappa shape index (κ1) is 14.8. The molecule has 0 fully saturated rings. The van der Waals surface area contributed by atoms with Crippen molar-refractivity contribution in [2.24, 2.45) is 0 Å². The molecule has 0 saturated heterocycles. The number of hydrogen-bond donors (Lipinski definition) is 1. The minimum atomic E-state index is 0.374. The van der Waals surface area contributed by atoms with Gasteiger partial charge in [0.25, 0.3) is 0 Å². The fourth-order valence-corrected chi connectivity index (χ4v) is 3.91. The molecule has 3 heteroatoms. The molecule has 1 unspecified atom stereocenters. The zero-order chi connectivity index (χ0) is 13.8. The number of benzene rings is 1. The van der Waals surface area contributed by atoms with Crippen molar-refractivity contribution >= 4 is 27.3 Å². The molecule has 0 spiro atoms. The number of thiophene rings is 1. The smallest absolute Gasteiger partial charge is 0.0464 e. The van der Waals surface area contributed by atoms with Crippen molar-refractivity contribution < 1.29 is 0 Å². The summed E-state index contributed by atoms with van der Waals surface area (Å²) in [6.07, 6.45) is 1.02. The highest BCUT2D eigenvalue weighted by Crippen LogP contribution is 2.31. The van der Waals surface area contributed by atoms with Crippen LogP contribution >= 0.6 is 27.3 Å². The Labute approximate surface area is 128 Å². The summed E-state index contributed by atoms with van der Waals surface area (Å²) in [5, 5.41) is 5.54. The highest BCUT2D eigenvalue weighted by atomic mass is 79.9. The van der Waals surface area contributed by atoms with Crippen LogP contribution in [0.25, 0.3) is 0 Å². The predicted octanol–water partition coefficient (Wildman–Crippen LogP) is 5.14. The summed E-state index contributed by atoms with van der Waals surface area (Å²) in [6.45, 7) is 4.46. The van der Waals surface area contributed by atoms with Crippen molar-refractivity contribution in [3.05, 3.63) is 56.2 Å². The Morgan fingerprint density at radius 1 is 1.16 bits per heavy atom. The van der Waals surface area contributed by atoms with Gasteiger partial charge in [-0.3, -0.25) is 0 Å². The topological polar surface area (TPSA) is 12.0 Å². The molecule has 0 bridgehead atoms. The lowest BCUT2D eigenvalue weighted by atomic mass is 9.99. The highest BCUT2D eigenvalue weighted by Gasteiger charge is 2.14. The first-order valence-electron chi connectivity index (χ1n) is 6.60. The van der Waals surface area contributed by atoms with Gasteiger partial charge in [-0.1, -0.05) is 38.1 Å². The van der Waals surface area contributed by atoms with Gasteiger partial charge in [-0.15, -0.1) is 11.3 Å². The maximum absolute atomic E-state index is 3.62. The van der Waals surface area contributed by atoms with E-state index in [0.29, 0.717) is 12.0 Å². The third-order valence-electron chi connectivity index (χ3n) is 3.40. The maximum atomic E-state index is 3.62. The van der Waals surface area contributed by atoms with Gasteiger partial charge in [0.1, 0.15) is 0 Å². The van der Waals surface area contributed by atoms with Crippen LogP contribution in [0.5, 0.6) is 0 Å². The average Bonchev–Trinajstić information content (AvgIpc) is 2.83. The molecule has 1 atom stereocenters. The molecular formula is C16H20BrNS. The predicted molar refractivity (Wildman–Crippen MR) is 88.1 cm³/mol. The third kappa shape index (κ3) is 3.68. The van der Waals surface area contributed by atoms with E-state index in [1.165, 1.54) is 20.5 Å². The second-order valence-corrected chi connectivity index (χ2v) is 6.88. The van der Waals surface area contributed by atoms with Gasteiger partial charge in [0.2, 0.25) is 0 Å². The van der Waals surface area contributed by atoms with Crippen LogP contribution in [0, 0.1) is 0 Å². The lowest BCUT2D eigenvalue weighted by Crippen LogP contribution is -2.18. The molecular weight excluding hydrogens is 318 g/mol. The Morgan fingerprint density at radius 3 is 2.32 bits per heavy atom. The standard InChI is InChI=1S/C16H20BrNS/c1-11(2)13-6-4-12(5-7-13)10-15(18-3)16-14(17)8-9-19-16/h4-9,11,15,18H,10H2,1-3H3. The molecule has 1 nitrogen and oxygen atoms in total. The first-order chi connectivity index (χ1) is 9.11. The van der Waals surface area contributed by atoms with Gasteiger partial charge in [-0.05, 0) is 57.9 Å². The molecule has 0 saturated carbocycles. The minimum Gasteiger partial charge on any atom is -0.312 e. The molecule has 19 heavy (non-hydrogen) atoms. The largest absolute Gasteiger partial charge is 0.312 e. The summed E-state index contributed by atoms with van der Waals surface area (Å²) in [6, 6.07) is 11.5. The summed E-state index contributed by atoms with van der Waals surface area (Å²) in [5.74, 6) is 0.598. The molecule has 0 aliphatic carbocycles. The van der Waals surface area contributed by atoms with Crippen molar-refractivity contribution in [2.45, 2.75) is 32.2 Å². The molecule has 0 amide bonds. The van der Waals surface area contributed by atoms with E-state index in [9.17, 15) is 0 Å². The van der Waals surface area contributed by atoms with Gasteiger partial charge >= 0.3 is 0 Å². The summed E-state index contributed by atoms with van der Waals surface area (Å²) in [5.41, 5.74) is 2.78. The van der Waals surface area contributed by atoms with E-state index in [1.807, 2.05) is 7.05 Å². The lowest BCUT2D eigenvalue weighted by Gasteiger charge is -2.16. The second-order valence-electron chi connectivity index (χ2n) is 5.07. The molecule has 102 valence electrons. The fraction of sp³-hybridized carbons (Fsp3) is 0.375. The molecule has 1 aromatic carbocycles. The second kappa shape index (κ2) is 6.69. The Hall–Kier alpha value is -0.640. The molecule has 2 aromatic rings. The normalized spacial score (nSPS) is 12.9. The molecule has 0 radical (unpaired) electrons. The first-order valence-corrected chi connectivity index (χ1v) is 8.28. The zero-order valence-corrected chi connectivity index (χ0v) is 14.0. The van der Waals surface area contributed by atoms with E-state index in [0.717, 1.165) is 6.42 Å². The Morgan fingerprint density at radius 2 is 1.84 bits per heavy atom. The summed E-state index contributed by atoms with van der Waals surface area (Å²) < 4.78 is 1.20. The Kier molecular flexibility index (Phi) is 5.20. The summed E-state index contributed by atoms with van der Waals surface area (Å²) in [7, 11) is 2.03. The lowest BCUT2D eigenvalue weighted by molar-refractivity contribution is 0.600. The minimum absolute atomic E-state index is 0.374. The quantitative estimate of drug-likeness (QED) is 0.796. The molecule has 1 aromatic heterocycles.